The van der Waals surface area contributed by atoms with E-state index in [0.29, 0.717) is 0 Å². The van der Waals surface area contributed by atoms with Crippen molar-refractivity contribution >= 4 is 17.2 Å². The molecule has 1 amide bonds. The van der Waals surface area contributed by atoms with Gasteiger partial charge in [0.05, 0.1) is 16.2 Å². The van der Waals surface area contributed by atoms with Crippen LogP contribution in [-0.4, -0.2) is 59.0 Å². The van der Waals surface area contributed by atoms with Crippen LogP contribution in [0.2, 0.25) is 0 Å². The lowest BCUT2D eigenvalue weighted by Crippen LogP contribution is -2.61. The number of carbonyl (C=O) groups is 1. The van der Waals surface area contributed by atoms with E-state index in [1.807, 2.05) is 11.8 Å². The molecule has 0 aliphatic carbocycles. The van der Waals surface area contributed by atoms with E-state index in [2.05, 4.69) is 27.5 Å². The Morgan fingerprint density at radius 2 is 2.14 bits per heavy atom. The van der Waals surface area contributed by atoms with Crippen LogP contribution in [0.1, 0.15) is 36.9 Å². The molecule has 3 rings (SSSR count). The van der Waals surface area contributed by atoms with E-state index in [-0.39, 0.29) is 11.4 Å². The minimum atomic E-state index is -0.341. The molecule has 1 aromatic rings. The van der Waals surface area contributed by atoms with Gasteiger partial charge in [-0.05, 0) is 39.7 Å². The summed E-state index contributed by atoms with van der Waals surface area (Å²) in [6, 6.07) is 0. The predicted octanol–water partition coefficient (Wildman–Crippen LogP) is 1.63. The molecule has 1 aromatic heterocycles. The molecular formula is C16H26N4OS. The minimum absolute atomic E-state index is 0.288. The van der Waals surface area contributed by atoms with E-state index in [0.717, 1.165) is 62.8 Å². The average Bonchev–Trinajstić information content (AvgIpc) is 2.93. The smallest absolute Gasteiger partial charge is 0.242 e. The second-order valence-electron chi connectivity index (χ2n) is 6.64. The highest BCUT2D eigenvalue weighted by Gasteiger charge is 2.38. The lowest BCUT2D eigenvalue weighted by atomic mass is 9.89. The zero-order valence-corrected chi connectivity index (χ0v) is 14.4. The molecule has 0 bridgehead atoms. The molecule has 1 N–H and O–H groups in total. The summed E-state index contributed by atoms with van der Waals surface area (Å²) in [5.74, 6) is 0.288. The van der Waals surface area contributed by atoms with Gasteiger partial charge in [0, 0.05) is 38.1 Å². The first-order valence-corrected chi connectivity index (χ1v) is 9.12. The van der Waals surface area contributed by atoms with Crippen LogP contribution in [-0.2, 0) is 11.3 Å². The Labute approximate surface area is 136 Å². The average molecular weight is 322 g/mol. The Hall–Kier alpha value is -0.980. The van der Waals surface area contributed by atoms with Crippen LogP contribution in [0.3, 0.4) is 0 Å². The zero-order valence-electron chi connectivity index (χ0n) is 13.6. The van der Waals surface area contributed by atoms with Crippen molar-refractivity contribution in [1.29, 1.82) is 0 Å². The topological polar surface area (TPSA) is 48.5 Å². The van der Waals surface area contributed by atoms with Gasteiger partial charge in [-0.3, -0.25) is 9.69 Å². The second kappa shape index (κ2) is 6.64. The number of piperazine rings is 1. The summed E-state index contributed by atoms with van der Waals surface area (Å²) >= 11 is 1.71. The molecule has 0 radical (unpaired) electrons. The van der Waals surface area contributed by atoms with Gasteiger partial charge in [0.25, 0.3) is 0 Å². The lowest BCUT2D eigenvalue weighted by molar-refractivity contribution is -0.140. The van der Waals surface area contributed by atoms with Crippen LogP contribution in [0.25, 0.3) is 0 Å². The van der Waals surface area contributed by atoms with E-state index < -0.39 is 0 Å². The van der Waals surface area contributed by atoms with E-state index in [1.165, 1.54) is 6.42 Å². The van der Waals surface area contributed by atoms with Gasteiger partial charge < -0.3 is 10.2 Å². The predicted molar refractivity (Wildman–Crippen MR) is 89.0 cm³/mol. The van der Waals surface area contributed by atoms with Crippen molar-refractivity contribution < 1.29 is 4.79 Å². The Balaban J connectivity index is 1.51. The van der Waals surface area contributed by atoms with Gasteiger partial charge in [0.2, 0.25) is 5.91 Å². The third kappa shape index (κ3) is 3.50. The molecule has 0 aromatic carbocycles. The molecule has 2 saturated heterocycles. The SMILES string of the molecule is Cc1nc(CN2CCN(C(=O)C3(C)CCCCN3)CC2)cs1. The molecule has 0 saturated carbocycles. The summed E-state index contributed by atoms with van der Waals surface area (Å²) in [5, 5.41) is 6.70. The van der Waals surface area contributed by atoms with Crippen LogP contribution in [0.4, 0.5) is 0 Å². The Bertz CT molecular complexity index is 516. The largest absolute Gasteiger partial charge is 0.339 e. The van der Waals surface area contributed by atoms with Crippen molar-refractivity contribution in [1.82, 2.24) is 20.1 Å². The number of nitrogens with one attached hydrogen (secondary N) is 1. The first-order chi connectivity index (χ1) is 10.6. The van der Waals surface area contributed by atoms with E-state index in [1.54, 1.807) is 11.3 Å². The van der Waals surface area contributed by atoms with Gasteiger partial charge in [-0.1, -0.05) is 0 Å². The number of hydrogen-bond donors (Lipinski definition) is 1. The fraction of sp³-hybridized carbons (Fsp3) is 0.750. The number of thiazole rings is 1. The number of aromatic nitrogens is 1. The monoisotopic (exact) mass is 322 g/mol. The van der Waals surface area contributed by atoms with Gasteiger partial charge in [-0.25, -0.2) is 4.98 Å². The van der Waals surface area contributed by atoms with Crippen molar-refractivity contribution in [3.8, 4) is 0 Å². The summed E-state index contributed by atoms with van der Waals surface area (Å²) < 4.78 is 0. The molecule has 2 aliphatic rings. The van der Waals surface area contributed by atoms with Crippen LogP contribution in [0.15, 0.2) is 5.38 Å². The summed E-state index contributed by atoms with van der Waals surface area (Å²) in [6.07, 6.45) is 3.30. The molecule has 1 unspecified atom stereocenters. The molecule has 1 atom stereocenters. The van der Waals surface area contributed by atoms with Crippen LogP contribution >= 0.6 is 11.3 Å². The molecule has 3 heterocycles. The second-order valence-corrected chi connectivity index (χ2v) is 7.70. The van der Waals surface area contributed by atoms with Crippen molar-refractivity contribution in [2.75, 3.05) is 32.7 Å². The van der Waals surface area contributed by atoms with Gasteiger partial charge >= 0.3 is 0 Å². The number of aryl methyl sites for hydroxylation is 1. The molecule has 22 heavy (non-hydrogen) atoms. The maximum Gasteiger partial charge on any atom is 0.242 e. The summed E-state index contributed by atoms with van der Waals surface area (Å²) in [4.78, 5) is 21.7. The highest BCUT2D eigenvalue weighted by Crippen LogP contribution is 2.22. The third-order valence-electron chi connectivity index (χ3n) is 4.80. The molecular weight excluding hydrogens is 296 g/mol. The standard InChI is InChI=1S/C16H26N4OS/c1-13-18-14(12-22-13)11-19-7-9-20(10-8-19)15(21)16(2)5-3-4-6-17-16/h12,17H,3-11H2,1-2H3. The first kappa shape index (κ1) is 15.9. The van der Waals surface area contributed by atoms with Gasteiger partial charge in [0.1, 0.15) is 0 Å². The molecule has 0 spiro atoms. The Morgan fingerprint density at radius 1 is 1.36 bits per heavy atom. The summed E-state index contributed by atoms with van der Waals surface area (Å²) in [6.45, 7) is 9.53. The molecule has 5 nitrogen and oxygen atoms in total. The number of piperidine rings is 1. The highest BCUT2D eigenvalue weighted by molar-refractivity contribution is 7.09. The Morgan fingerprint density at radius 3 is 2.73 bits per heavy atom. The molecule has 2 fully saturated rings. The number of carbonyl (C=O) groups excluding carboxylic acids is 1. The lowest BCUT2D eigenvalue weighted by Gasteiger charge is -2.41. The fourth-order valence-electron chi connectivity index (χ4n) is 3.41. The molecule has 6 heteroatoms. The van der Waals surface area contributed by atoms with Crippen molar-refractivity contribution in [3.63, 3.8) is 0 Å². The summed E-state index contributed by atoms with van der Waals surface area (Å²) in [5.41, 5.74) is 0.815. The molecule has 122 valence electrons. The maximum atomic E-state index is 12.8. The maximum absolute atomic E-state index is 12.8. The van der Waals surface area contributed by atoms with Crippen LogP contribution in [0.5, 0.6) is 0 Å². The van der Waals surface area contributed by atoms with Crippen LogP contribution in [0, 0.1) is 6.92 Å². The fourth-order valence-corrected chi connectivity index (χ4v) is 4.01. The zero-order chi connectivity index (χ0) is 15.6. The third-order valence-corrected chi connectivity index (χ3v) is 5.62. The van der Waals surface area contributed by atoms with Gasteiger partial charge in [0.15, 0.2) is 0 Å². The Kier molecular flexibility index (Phi) is 4.80. The van der Waals surface area contributed by atoms with Crippen molar-refractivity contribution in [2.45, 2.75) is 45.2 Å². The van der Waals surface area contributed by atoms with Crippen molar-refractivity contribution in [2.24, 2.45) is 0 Å². The number of rotatable bonds is 3. The number of amides is 1. The summed E-state index contributed by atoms with van der Waals surface area (Å²) in [7, 11) is 0. The van der Waals surface area contributed by atoms with Gasteiger partial charge in [-0.15, -0.1) is 11.3 Å². The number of nitrogens with zero attached hydrogens (tertiary/aromatic N) is 3. The van der Waals surface area contributed by atoms with Gasteiger partial charge in [-0.2, -0.15) is 0 Å². The van der Waals surface area contributed by atoms with E-state index >= 15 is 0 Å². The first-order valence-electron chi connectivity index (χ1n) is 8.25. The van der Waals surface area contributed by atoms with Crippen molar-refractivity contribution in [3.05, 3.63) is 16.1 Å². The van der Waals surface area contributed by atoms with Crippen LogP contribution < -0.4 is 5.32 Å². The molecule has 2 aliphatic heterocycles. The van der Waals surface area contributed by atoms with E-state index in [9.17, 15) is 4.79 Å². The highest BCUT2D eigenvalue weighted by atomic mass is 32.1. The normalized spacial score (nSPS) is 27.1. The minimum Gasteiger partial charge on any atom is -0.339 e. The number of hydrogen-bond acceptors (Lipinski definition) is 5. The quantitative estimate of drug-likeness (QED) is 0.919. The van der Waals surface area contributed by atoms with E-state index in [4.69, 9.17) is 0 Å².